The Morgan fingerprint density at radius 2 is 1.91 bits per heavy atom. The summed E-state index contributed by atoms with van der Waals surface area (Å²) < 4.78 is 6.84. The number of nitrogens with zero attached hydrogens (tertiary/aromatic N) is 4. The van der Waals surface area contributed by atoms with Crippen LogP contribution < -0.4 is 10.1 Å². The lowest BCUT2D eigenvalue weighted by Gasteiger charge is -2.27. The Morgan fingerprint density at radius 1 is 1.17 bits per heavy atom. The minimum Gasteiger partial charge on any atom is -0.497 e. The molecule has 0 unspecified atom stereocenters. The Labute approximate surface area is 133 Å². The summed E-state index contributed by atoms with van der Waals surface area (Å²) in [5, 5.41) is 10.5. The molecule has 120 valence electrons. The minimum atomic E-state index is -0.279. The summed E-state index contributed by atoms with van der Waals surface area (Å²) in [6, 6.07) is 6.97. The summed E-state index contributed by atoms with van der Waals surface area (Å²) in [4.78, 5) is 26.0. The standard InChI is InChI=1S/C15H17N5O3/c1-16-14(21)13-18-17-12-9-19(7-8-20(12)13)15(22)10-3-5-11(23-2)6-4-10/h3-6H,7-9H2,1-2H3,(H,16,21). The first-order chi connectivity index (χ1) is 11.1. The van der Waals surface area contributed by atoms with Crippen LogP contribution in [0.15, 0.2) is 24.3 Å². The van der Waals surface area contributed by atoms with Gasteiger partial charge in [0, 0.05) is 25.7 Å². The molecule has 2 heterocycles. The maximum absolute atomic E-state index is 12.6. The molecule has 1 aliphatic heterocycles. The highest BCUT2D eigenvalue weighted by atomic mass is 16.5. The van der Waals surface area contributed by atoms with Crippen molar-refractivity contribution in [3.8, 4) is 5.75 Å². The van der Waals surface area contributed by atoms with Gasteiger partial charge < -0.3 is 19.5 Å². The molecule has 0 saturated carbocycles. The van der Waals surface area contributed by atoms with Gasteiger partial charge in [-0.05, 0) is 24.3 Å². The number of carbonyl (C=O) groups is 2. The van der Waals surface area contributed by atoms with Gasteiger partial charge in [0.2, 0.25) is 5.82 Å². The Bertz CT molecular complexity index is 738. The maximum Gasteiger partial charge on any atom is 0.288 e. The number of methoxy groups -OCH3 is 1. The molecular weight excluding hydrogens is 298 g/mol. The number of amides is 2. The smallest absolute Gasteiger partial charge is 0.288 e. The Balaban J connectivity index is 1.77. The van der Waals surface area contributed by atoms with E-state index >= 15 is 0 Å². The third-order valence-electron chi connectivity index (χ3n) is 3.81. The van der Waals surface area contributed by atoms with Gasteiger partial charge in [-0.1, -0.05) is 0 Å². The SMILES string of the molecule is CNC(=O)c1nnc2n1CCN(C(=O)c1ccc(OC)cc1)C2. The van der Waals surface area contributed by atoms with Crippen molar-refractivity contribution in [1.82, 2.24) is 25.0 Å². The molecule has 0 saturated heterocycles. The van der Waals surface area contributed by atoms with Gasteiger partial charge in [0.15, 0.2) is 5.82 Å². The van der Waals surface area contributed by atoms with Crippen LogP contribution in [0.25, 0.3) is 0 Å². The topological polar surface area (TPSA) is 89.4 Å². The average molecular weight is 315 g/mol. The van der Waals surface area contributed by atoms with Crippen molar-refractivity contribution < 1.29 is 14.3 Å². The monoisotopic (exact) mass is 315 g/mol. The van der Waals surface area contributed by atoms with E-state index < -0.39 is 0 Å². The molecule has 0 radical (unpaired) electrons. The second-order valence-corrected chi connectivity index (χ2v) is 5.13. The Morgan fingerprint density at radius 3 is 2.57 bits per heavy atom. The first-order valence-electron chi connectivity index (χ1n) is 7.21. The van der Waals surface area contributed by atoms with Crippen LogP contribution in [0.4, 0.5) is 0 Å². The zero-order valence-corrected chi connectivity index (χ0v) is 12.9. The highest BCUT2D eigenvalue weighted by Crippen LogP contribution is 2.17. The molecule has 1 aromatic heterocycles. The summed E-state index contributed by atoms with van der Waals surface area (Å²) in [5.74, 6) is 1.23. The van der Waals surface area contributed by atoms with Crippen LogP contribution in [0, 0.1) is 0 Å². The van der Waals surface area contributed by atoms with Crippen LogP contribution in [0.1, 0.15) is 26.8 Å². The van der Waals surface area contributed by atoms with E-state index in [9.17, 15) is 9.59 Å². The summed E-state index contributed by atoms with van der Waals surface area (Å²) in [6.45, 7) is 1.32. The third kappa shape index (κ3) is 2.75. The molecule has 0 aliphatic carbocycles. The summed E-state index contributed by atoms with van der Waals surface area (Å²) in [6.07, 6.45) is 0. The molecule has 0 spiro atoms. The Kier molecular flexibility index (Phi) is 3.96. The predicted molar refractivity (Wildman–Crippen MR) is 81.1 cm³/mol. The predicted octanol–water partition coefficient (Wildman–Crippen LogP) is 0.302. The molecule has 8 nitrogen and oxygen atoms in total. The lowest BCUT2D eigenvalue weighted by atomic mass is 10.2. The van der Waals surface area contributed by atoms with Crippen LogP contribution >= 0.6 is 0 Å². The van der Waals surface area contributed by atoms with E-state index in [0.29, 0.717) is 36.8 Å². The molecular formula is C15H17N5O3. The van der Waals surface area contributed by atoms with E-state index in [1.54, 1.807) is 47.9 Å². The highest BCUT2D eigenvalue weighted by molar-refractivity contribution is 5.94. The number of rotatable bonds is 3. The summed E-state index contributed by atoms with van der Waals surface area (Å²) in [7, 11) is 3.13. The van der Waals surface area contributed by atoms with Crippen molar-refractivity contribution in [1.29, 1.82) is 0 Å². The zero-order valence-electron chi connectivity index (χ0n) is 12.9. The van der Waals surface area contributed by atoms with E-state index in [-0.39, 0.29) is 17.6 Å². The van der Waals surface area contributed by atoms with Crippen molar-refractivity contribution in [2.75, 3.05) is 20.7 Å². The van der Waals surface area contributed by atoms with Gasteiger partial charge >= 0.3 is 0 Å². The fraction of sp³-hybridized carbons (Fsp3) is 0.333. The van der Waals surface area contributed by atoms with E-state index in [0.717, 1.165) is 0 Å². The average Bonchev–Trinajstić information content (AvgIpc) is 3.03. The Hall–Kier alpha value is -2.90. The molecule has 0 bridgehead atoms. The molecule has 1 aliphatic rings. The first-order valence-corrected chi connectivity index (χ1v) is 7.21. The largest absolute Gasteiger partial charge is 0.497 e. The van der Waals surface area contributed by atoms with Gasteiger partial charge in [-0.15, -0.1) is 10.2 Å². The number of benzene rings is 1. The number of fused-ring (bicyclic) bond motifs is 1. The molecule has 3 rings (SSSR count). The summed E-state index contributed by atoms with van der Waals surface area (Å²) in [5.41, 5.74) is 0.588. The quantitative estimate of drug-likeness (QED) is 0.880. The second-order valence-electron chi connectivity index (χ2n) is 5.13. The molecule has 2 amide bonds. The van der Waals surface area contributed by atoms with Gasteiger partial charge in [-0.25, -0.2) is 0 Å². The number of carbonyl (C=O) groups excluding carboxylic acids is 2. The molecule has 1 N–H and O–H groups in total. The van der Waals surface area contributed by atoms with Gasteiger partial charge in [0.25, 0.3) is 11.8 Å². The lowest BCUT2D eigenvalue weighted by Crippen LogP contribution is -2.39. The number of hydrogen-bond acceptors (Lipinski definition) is 5. The molecule has 0 atom stereocenters. The van der Waals surface area contributed by atoms with Gasteiger partial charge in [0.1, 0.15) is 5.75 Å². The fourth-order valence-electron chi connectivity index (χ4n) is 2.53. The number of ether oxygens (including phenoxy) is 1. The van der Waals surface area contributed by atoms with E-state index in [1.807, 2.05) is 0 Å². The molecule has 23 heavy (non-hydrogen) atoms. The van der Waals surface area contributed by atoms with Crippen LogP contribution in [0.5, 0.6) is 5.75 Å². The van der Waals surface area contributed by atoms with Crippen LogP contribution in [0.3, 0.4) is 0 Å². The van der Waals surface area contributed by atoms with Gasteiger partial charge in [0.05, 0.1) is 13.7 Å². The number of hydrogen-bond donors (Lipinski definition) is 1. The zero-order chi connectivity index (χ0) is 16.4. The van der Waals surface area contributed by atoms with Gasteiger partial charge in [-0.2, -0.15) is 0 Å². The second kappa shape index (κ2) is 6.07. The van der Waals surface area contributed by atoms with Crippen LogP contribution in [0.2, 0.25) is 0 Å². The minimum absolute atomic E-state index is 0.0802. The van der Waals surface area contributed by atoms with E-state index in [1.165, 1.54) is 0 Å². The molecule has 8 heteroatoms. The molecule has 2 aromatic rings. The van der Waals surface area contributed by atoms with Crippen LogP contribution in [-0.2, 0) is 13.1 Å². The van der Waals surface area contributed by atoms with Crippen molar-refractivity contribution in [3.63, 3.8) is 0 Å². The van der Waals surface area contributed by atoms with Gasteiger partial charge in [-0.3, -0.25) is 9.59 Å². The van der Waals surface area contributed by atoms with E-state index in [4.69, 9.17) is 4.74 Å². The van der Waals surface area contributed by atoms with Crippen molar-refractivity contribution in [3.05, 3.63) is 41.5 Å². The maximum atomic E-state index is 12.6. The fourth-order valence-corrected chi connectivity index (χ4v) is 2.53. The van der Waals surface area contributed by atoms with Crippen LogP contribution in [-0.4, -0.2) is 52.2 Å². The molecule has 1 aromatic carbocycles. The van der Waals surface area contributed by atoms with E-state index in [2.05, 4.69) is 15.5 Å². The highest BCUT2D eigenvalue weighted by Gasteiger charge is 2.27. The van der Waals surface area contributed by atoms with Crippen molar-refractivity contribution in [2.24, 2.45) is 0 Å². The number of aromatic nitrogens is 3. The first kappa shape index (κ1) is 15.0. The summed E-state index contributed by atoms with van der Waals surface area (Å²) >= 11 is 0. The van der Waals surface area contributed by atoms with Crippen molar-refractivity contribution in [2.45, 2.75) is 13.1 Å². The third-order valence-corrected chi connectivity index (χ3v) is 3.81. The lowest BCUT2D eigenvalue weighted by molar-refractivity contribution is 0.0706. The molecule has 0 fully saturated rings. The normalized spacial score (nSPS) is 13.4. The number of nitrogens with one attached hydrogen (secondary N) is 1. The van der Waals surface area contributed by atoms with Crippen molar-refractivity contribution >= 4 is 11.8 Å².